The molecule has 0 radical (unpaired) electrons. The molecule has 1 saturated heterocycles. The summed E-state index contributed by atoms with van der Waals surface area (Å²) in [4.78, 5) is 13.9. The van der Waals surface area contributed by atoms with Crippen LogP contribution in [0.25, 0.3) is 55.3 Å². The summed E-state index contributed by atoms with van der Waals surface area (Å²) in [6, 6.07) is 47.5. The van der Waals surface area contributed by atoms with Gasteiger partial charge in [0.25, 0.3) is 0 Å². The number of allylic oxidation sites excluding steroid dienone is 1. The Bertz CT molecular complexity index is 2610. The average Bonchev–Trinajstić information content (AvgIpc) is 3.94. The predicted octanol–water partition coefficient (Wildman–Crippen LogP) is 16.9. The standard InChI is InChI=1S/C60H66O2/c1-5-7-9-11-13-15-20-42-32-49-38-51(34-42)47-30-28-44-29-31-48(37-53(44)36-47)52-35-43(21-16-14-12-10-8-6-2)33-50(39-52)46-23-18-25-55(41-46)60-57-27-19-26-56(57)59(61-62-60,58(60,3)4)54-24-17-22-45(49)40-54/h17-19,22-26,28-41,56-57H,5-16,20-21,27H2,1-4H3. The number of hydrogen-bond acceptors (Lipinski definition) is 2. The molecular weight excluding hydrogens is 753 g/mol. The third-order valence-corrected chi connectivity index (χ3v) is 15.7. The Kier molecular flexibility index (Phi) is 11.4. The zero-order chi connectivity index (χ0) is 42.3. The summed E-state index contributed by atoms with van der Waals surface area (Å²) in [6.45, 7) is 9.43. The molecule has 6 aromatic rings. The quantitative estimate of drug-likeness (QED) is 0.0619. The van der Waals surface area contributed by atoms with Gasteiger partial charge in [0.1, 0.15) is 11.2 Å². The van der Waals surface area contributed by atoms with Crippen LogP contribution in [0.2, 0.25) is 0 Å². The summed E-state index contributed by atoms with van der Waals surface area (Å²) in [5.41, 5.74) is 13.8. The number of aryl methyl sites for hydroxylation is 2. The number of hydrogen-bond donors (Lipinski definition) is 0. The van der Waals surface area contributed by atoms with Crippen molar-refractivity contribution >= 4 is 10.8 Å². The second-order valence-electron chi connectivity index (χ2n) is 19.9. The highest BCUT2D eigenvalue weighted by molar-refractivity contribution is 5.92. The topological polar surface area (TPSA) is 18.5 Å². The van der Waals surface area contributed by atoms with Gasteiger partial charge in [0.15, 0.2) is 0 Å². The van der Waals surface area contributed by atoms with Crippen molar-refractivity contribution in [2.24, 2.45) is 17.3 Å². The summed E-state index contributed by atoms with van der Waals surface area (Å²) >= 11 is 0. The lowest BCUT2D eigenvalue weighted by molar-refractivity contribution is -0.403. The van der Waals surface area contributed by atoms with E-state index in [0.29, 0.717) is 0 Å². The fourth-order valence-electron chi connectivity index (χ4n) is 12.4. The van der Waals surface area contributed by atoms with Gasteiger partial charge in [-0.2, -0.15) is 0 Å². The largest absolute Gasteiger partial charge is 0.223 e. The molecular formula is C60H66O2. The molecule has 4 atom stereocenters. The number of benzene rings is 6. The molecule has 6 aromatic carbocycles. The molecule has 10 rings (SSSR count). The van der Waals surface area contributed by atoms with Crippen LogP contribution in [0.3, 0.4) is 0 Å². The Hall–Kier alpha value is -4.76. The third kappa shape index (κ3) is 7.01. The Morgan fingerprint density at radius 3 is 1.45 bits per heavy atom. The average molecular weight is 819 g/mol. The van der Waals surface area contributed by atoms with Gasteiger partial charge >= 0.3 is 0 Å². The molecule has 1 aliphatic heterocycles. The molecule has 0 aromatic heterocycles. The molecule has 3 aliphatic carbocycles. The van der Waals surface area contributed by atoms with Gasteiger partial charge in [0.2, 0.25) is 0 Å². The Balaban J connectivity index is 1.15. The van der Waals surface area contributed by atoms with Crippen LogP contribution in [0, 0.1) is 17.3 Å². The molecule has 0 N–H and O–H groups in total. The Morgan fingerprint density at radius 2 is 0.919 bits per heavy atom. The van der Waals surface area contributed by atoms with Crippen LogP contribution in [0.15, 0.2) is 133 Å². The highest BCUT2D eigenvalue weighted by Crippen LogP contribution is 2.77. The van der Waals surface area contributed by atoms with Gasteiger partial charge in [-0.15, -0.1) is 0 Å². The van der Waals surface area contributed by atoms with E-state index in [9.17, 15) is 0 Å². The van der Waals surface area contributed by atoms with Gasteiger partial charge in [0, 0.05) is 17.3 Å². The lowest BCUT2D eigenvalue weighted by atomic mass is 9.63. The molecule has 0 amide bonds. The van der Waals surface area contributed by atoms with Crippen LogP contribution in [-0.4, -0.2) is 0 Å². The third-order valence-electron chi connectivity index (χ3n) is 15.7. The van der Waals surface area contributed by atoms with E-state index in [1.54, 1.807) is 0 Å². The van der Waals surface area contributed by atoms with Crippen LogP contribution in [0.4, 0.5) is 0 Å². The van der Waals surface area contributed by atoms with Gasteiger partial charge in [-0.05, 0) is 146 Å². The van der Waals surface area contributed by atoms with Gasteiger partial charge in [-0.25, -0.2) is 9.78 Å². The first-order valence-electron chi connectivity index (χ1n) is 24.4. The van der Waals surface area contributed by atoms with E-state index in [0.717, 1.165) is 19.3 Å². The van der Waals surface area contributed by atoms with Crippen LogP contribution in [0.1, 0.15) is 133 Å². The summed E-state index contributed by atoms with van der Waals surface area (Å²) in [6.07, 6.45) is 23.6. The Morgan fingerprint density at radius 1 is 0.452 bits per heavy atom. The first-order valence-corrected chi connectivity index (χ1v) is 24.4. The zero-order valence-electron chi connectivity index (χ0n) is 37.8. The van der Waals surface area contributed by atoms with Crippen molar-refractivity contribution in [3.63, 3.8) is 0 Å². The highest BCUT2D eigenvalue weighted by atomic mass is 17.2. The molecule has 13 bridgehead atoms. The van der Waals surface area contributed by atoms with Gasteiger partial charge in [-0.3, -0.25) is 0 Å². The normalized spacial score (nSPS) is 22.5. The van der Waals surface area contributed by atoms with Crippen molar-refractivity contribution < 1.29 is 9.78 Å². The zero-order valence-corrected chi connectivity index (χ0v) is 37.8. The molecule has 1 heterocycles. The predicted molar refractivity (Wildman–Crippen MR) is 260 cm³/mol. The van der Waals surface area contributed by atoms with Crippen molar-refractivity contribution in [2.45, 2.75) is 135 Å². The minimum absolute atomic E-state index is 0.194. The van der Waals surface area contributed by atoms with Crippen LogP contribution in [0.5, 0.6) is 0 Å². The second-order valence-corrected chi connectivity index (χ2v) is 19.9. The van der Waals surface area contributed by atoms with E-state index in [4.69, 9.17) is 9.78 Å². The smallest absolute Gasteiger partial charge is 0.143 e. The van der Waals surface area contributed by atoms with Crippen LogP contribution in [-0.2, 0) is 33.8 Å². The summed E-state index contributed by atoms with van der Waals surface area (Å²) < 4.78 is 0. The first-order chi connectivity index (χ1) is 30.3. The van der Waals surface area contributed by atoms with Crippen molar-refractivity contribution in [3.8, 4) is 44.5 Å². The van der Waals surface area contributed by atoms with E-state index in [-0.39, 0.29) is 17.3 Å². The molecule has 0 spiro atoms. The molecule has 1 saturated carbocycles. The van der Waals surface area contributed by atoms with Gasteiger partial charge in [0.05, 0.1) is 0 Å². The molecule has 2 fully saturated rings. The van der Waals surface area contributed by atoms with Crippen molar-refractivity contribution in [3.05, 3.63) is 156 Å². The van der Waals surface area contributed by atoms with Crippen LogP contribution >= 0.6 is 0 Å². The van der Waals surface area contributed by atoms with Crippen LogP contribution < -0.4 is 0 Å². The minimum atomic E-state index is -0.644. The maximum Gasteiger partial charge on any atom is 0.143 e. The number of unbranched alkanes of at least 4 members (excludes halogenated alkanes) is 10. The SMILES string of the molecule is CCCCCCCCc1cc2cc(c1)-c1ccc3ccc(cc3c1)-c1cc(CCCCCCCC)cc(c1)-c1cccc(c1)C13OOC(c4cccc-2c4)(C2C=CCC21)C3(C)C. The lowest BCUT2D eigenvalue weighted by Gasteiger charge is -2.39. The fraction of sp³-hybridized carbons (Fsp3) is 0.400. The molecule has 2 nitrogen and oxygen atoms in total. The van der Waals surface area contributed by atoms with Crippen molar-refractivity contribution in [2.75, 3.05) is 0 Å². The van der Waals surface area contributed by atoms with E-state index >= 15 is 0 Å². The molecule has 62 heavy (non-hydrogen) atoms. The van der Waals surface area contributed by atoms with E-state index < -0.39 is 11.2 Å². The first kappa shape index (κ1) is 41.3. The summed E-state index contributed by atoms with van der Waals surface area (Å²) in [5, 5.41) is 2.56. The maximum absolute atomic E-state index is 6.98. The van der Waals surface area contributed by atoms with Crippen molar-refractivity contribution in [1.29, 1.82) is 0 Å². The molecule has 2 heteroatoms. The highest BCUT2D eigenvalue weighted by Gasteiger charge is 2.80. The number of fused-ring (bicyclic) bond motifs is 15. The molecule has 4 unspecified atom stereocenters. The van der Waals surface area contributed by atoms with E-state index in [1.807, 2.05) is 0 Å². The van der Waals surface area contributed by atoms with E-state index in [2.05, 4.69) is 161 Å². The van der Waals surface area contributed by atoms with Gasteiger partial charge in [-0.1, -0.05) is 189 Å². The fourth-order valence-corrected chi connectivity index (χ4v) is 12.4. The lowest BCUT2D eigenvalue weighted by Crippen LogP contribution is -2.44. The van der Waals surface area contributed by atoms with E-state index in [1.165, 1.54) is 155 Å². The molecule has 4 aliphatic rings. The van der Waals surface area contributed by atoms with Gasteiger partial charge < -0.3 is 0 Å². The van der Waals surface area contributed by atoms with Crippen molar-refractivity contribution in [1.82, 2.24) is 0 Å². The number of rotatable bonds is 14. The second kappa shape index (κ2) is 17.1. The minimum Gasteiger partial charge on any atom is -0.223 e. The Labute approximate surface area is 371 Å². The maximum atomic E-state index is 6.98. The summed E-state index contributed by atoms with van der Waals surface area (Å²) in [5.74, 6) is 0.457. The monoisotopic (exact) mass is 819 g/mol. The molecule has 318 valence electrons. The summed E-state index contributed by atoms with van der Waals surface area (Å²) in [7, 11) is 0.